The minimum absolute atomic E-state index is 0.298. The van der Waals surface area contributed by atoms with Crippen LogP contribution in [0.15, 0.2) is 54.6 Å². The van der Waals surface area contributed by atoms with Gasteiger partial charge >= 0.3 is 5.97 Å². The molecule has 0 heterocycles. The predicted molar refractivity (Wildman–Crippen MR) is 102 cm³/mol. The van der Waals surface area contributed by atoms with Gasteiger partial charge < -0.3 is 19.9 Å². The Morgan fingerprint density at radius 1 is 1.04 bits per heavy atom. The molecule has 0 aromatic heterocycles. The molecule has 0 atom stereocenters. The molecule has 3 rings (SSSR count). The first-order valence-corrected chi connectivity index (χ1v) is 8.38. The van der Waals surface area contributed by atoms with E-state index in [-0.39, 0.29) is 0 Å². The molecule has 3 aromatic carbocycles. The summed E-state index contributed by atoms with van der Waals surface area (Å²) in [5.41, 5.74) is 7.97. The number of nitrogens with two attached hydrogens (primary N) is 1. The van der Waals surface area contributed by atoms with Gasteiger partial charge in [-0.15, -0.1) is 0 Å². The molecular formula is C21H21NO4. The highest BCUT2D eigenvalue weighted by Crippen LogP contribution is 2.36. The van der Waals surface area contributed by atoms with Crippen molar-refractivity contribution in [1.29, 1.82) is 0 Å². The molecule has 0 unspecified atom stereocenters. The van der Waals surface area contributed by atoms with E-state index in [0.29, 0.717) is 36.0 Å². The van der Waals surface area contributed by atoms with Crippen molar-refractivity contribution in [3.63, 3.8) is 0 Å². The summed E-state index contributed by atoms with van der Waals surface area (Å²) in [6, 6.07) is 17.0. The summed E-state index contributed by atoms with van der Waals surface area (Å²) in [5, 5.41) is 1.58. The van der Waals surface area contributed by atoms with Crippen molar-refractivity contribution in [3.8, 4) is 11.5 Å². The molecule has 134 valence electrons. The van der Waals surface area contributed by atoms with E-state index in [1.165, 1.54) is 0 Å². The van der Waals surface area contributed by atoms with Gasteiger partial charge in [-0.2, -0.15) is 0 Å². The lowest BCUT2D eigenvalue weighted by atomic mass is 10.0. The number of ether oxygens (including phenoxy) is 3. The summed E-state index contributed by atoms with van der Waals surface area (Å²) in [6.07, 6.45) is 0. The maximum absolute atomic E-state index is 12.0. The zero-order valence-electron chi connectivity index (χ0n) is 14.8. The highest BCUT2D eigenvalue weighted by atomic mass is 16.5. The van der Waals surface area contributed by atoms with Crippen LogP contribution >= 0.6 is 0 Å². The molecular weight excluding hydrogens is 330 g/mol. The van der Waals surface area contributed by atoms with Gasteiger partial charge in [0.05, 0.1) is 25.0 Å². The van der Waals surface area contributed by atoms with Crippen LogP contribution in [-0.2, 0) is 11.3 Å². The number of fused-ring (bicyclic) bond motifs is 1. The Labute approximate surface area is 152 Å². The molecule has 5 heteroatoms. The standard InChI is InChI=1S/C21H21NO4/c1-3-25-21(23)16-10-9-15-11-19(18(24-2)12-17(15)20(16)22)26-13-14-7-5-4-6-8-14/h4-12H,3,13,22H2,1-2H3. The average molecular weight is 351 g/mol. The van der Waals surface area contributed by atoms with Gasteiger partial charge in [-0.3, -0.25) is 0 Å². The van der Waals surface area contributed by atoms with E-state index in [4.69, 9.17) is 19.9 Å². The highest BCUT2D eigenvalue weighted by Gasteiger charge is 2.16. The number of methoxy groups -OCH3 is 1. The van der Waals surface area contributed by atoms with Gasteiger partial charge in [0.25, 0.3) is 0 Å². The van der Waals surface area contributed by atoms with Gasteiger partial charge in [0.15, 0.2) is 11.5 Å². The number of anilines is 1. The van der Waals surface area contributed by atoms with E-state index in [1.807, 2.05) is 42.5 Å². The summed E-state index contributed by atoms with van der Waals surface area (Å²) in [4.78, 5) is 12.0. The van der Waals surface area contributed by atoms with Crippen LogP contribution < -0.4 is 15.2 Å². The fourth-order valence-corrected chi connectivity index (χ4v) is 2.75. The minimum Gasteiger partial charge on any atom is -0.493 e. The van der Waals surface area contributed by atoms with Crippen LogP contribution in [0.25, 0.3) is 10.8 Å². The van der Waals surface area contributed by atoms with Gasteiger partial charge in [-0.1, -0.05) is 36.4 Å². The molecule has 0 aliphatic carbocycles. The Bertz CT molecular complexity index is 922. The van der Waals surface area contributed by atoms with Crippen LogP contribution in [-0.4, -0.2) is 19.7 Å². The molecule has 0 fully saturated rings. The molecule has 3 aromatic rings. The molecule has 0 aliphatic heterocycles. The Morgan fingerprint density at radius 3 is 2.50 bits per heavy atom. The van der Waals surface area contributed by atoms with Gasteiger partial charge in [0.1, 0.15) is 6.61 Å². The molecule has 0 bridgehead atoms. The van der Waals surface area contributed by atoms with Crippen molar-refractivity contribution >= 4 is 22.4 Å². The van der Waals surface area contributed by atoms with Gasteiger partial charge in [0.2, 0.25) is 0 Å². The second-order valence-corrected chi connectivity index (χ2v) is 5.75. The number of carbonyl (C=O) groups excluding carboxylic acids is 1. The maximum atomic E-state index is 12.0. The van der Waals surface area contributed by atoms with Crippen molar-refractivity contribution in [3.05, 3.63) is 65.7 Å². The summed E-state index contributed by atoms with van der Waals surface area (Å²) in [5.74, 6) is 0.739. The Kier molecular flexibility index (Phi) is 5.27. The Hall–Kier alpha value is -3.21. The quantitative estimate of drug-likeness (QED) is 0.533. The number of benzene rings is 3. The van der Waals surface area contributed by atoms with Crippen molar-refractivity contribution in [2.45, 2.75) is 13.5 Å². The average Bonchev–Trinajstić information content (AvgIpc) is 2.67. The molecule has 0 saturated heterocycles. The number of esters is 1. The predicted octanol–water partition coefficient (Wildman–Crippen LogP) is 4.19. The lowest BCUT2D eigenvalue weighted by Gasteiger charge is -2.14. The normalized spacial score (nSPS) is 10.5. The summed E-state index contributed by atoms with van der Waals surface area (Å²) < 4.78 is 16.4. The molecule has 0 radical (unpaired) electrons. The van der Waals surface area contributed by atoms with Crippen molar-refractivity contribution in [2.75, 3.05) is 19.5 Å². The number of carbonyl (C=O) groups is 1. The van der Waals surface area contributed by atoms with E-state index >= 15 is 0 Å². The van der Waals surface area contributed by atoms with Crippen LogP contribution in [0.2, 0.25) is 0 Å². The van der Waals surface area contributed by atoms with Gasteiger partial charge in [-0.05, 0) is 36.1 Å². The third-order valence-corrected chi connectivity index (χ3v) is 4.08. The third-order valence-electron chi connectivity index (χ3n) is 4.08. The zero-order chi connectivity index (χ0) is 18.5. The second-order valence-electron chi connectivity index (χ2n) is 5.75. The molecule has 26 heavy (non-hydrogen) atoms. The molecule has 0 saturated carbocycles. The van der Waals surface area contributed by atoms with Crippen LogP contribution in [0.4, 0.5) is 5.69 Å². The van der Waals surface area contributed by atoms with Crippen LogP contribution in [0.5, 0.6) is 11.5 Å². The molecule has 2 N–H and O–H groups in total. The first kappa shape index (κ1) is 17.6. The van der Waals surface area contributed by atoms with E-state index in [0.717, 1.165) is 16.3 Å². The third kappa shape index (κ3) is 3.57. The largest absolute Gasteiger partial charge is 0.493 e. The maximum Gasteiger partial charge on any atom is 0.340 e. The Balaban J connectivity index is 1.96. The van der Waals surface area contributed by atoms with E-state index in [9.17, 15) is 4.79 Å². The summed E-state index contributed by atoms with van der Waals surface area (Å²) in [6.45, 7) is 2.49. The zero-order valence-corrected chi connectivity index (χ0v) is 14.8. The van der Waals surface area contributed by atoms with Crippen LogP contribution in [0, 0.1) is 0 Å². The Morgan fingerprint density at radius 2 is 1.81 bits per heavy atom. The van der Waals surface area contributed by atoms with E-state index in [2.05, 4.69) is 0 Å². The van der Waals surface area contributed by atoms with Crippen LogP contribution in [0.1, 0.15) is 22.8 Å². The summed E-state index contributed by atoms with van der Waals surface area (Å²) in [7, 11) is 1.57. The van der Waals surface area contributed by atoms with Gasteiger partial charge in [0, 0.05) is 5.39 Å². The van der Waals surface area contributed by atoms with Gasteiger partial charge in [-0.25, -0.2) is 4.79 Å². The number of hydrogen-bond donors (Lipinski definition) is 1. The highest BCUT2D eigenvalue weighted by molar-refractivity contribution is 6.06. The van der Waals surface area contributed by atoms with E-state index in [1.54, 1.807) is 26.2 Å². The lowest BCUT2D eigenvalue weighted by Crippen LogP contribution is -2.08. The SMILES string of the molecule is CCOC(=O)c1ccc2cc(OCc3ccccc3)c(OC)cc2c1N. The van der Waals surface area contributed by atoms with Crippen molar-refractivity contribution < 1.29 is 19.0 Å². The number of rotatable bonds is 6. The topological polar surface area (TPSA) is 70.8 Å². The molecule has 0 aliphatic rings. The first-order valence-electron chi connectivity index (χ1n) is 8.38. The summed E-state index contributed by atoms with van der Waals surface area (Å²) >= 11 is 0. The van der Waals surface area contributed by atoms with Crippen LogP contribution in [0.3, 0.4) is 0 Å². The fourth-order valence-electron chi connectivity index (χ4n) is 2.75. The molecule has 5 nitrogen and oxygen atoms in total. The first-order chi connectivity index (χ1) is 12.6. The van der Waals surface area contributed by atoms with Crippen molar-refractivity contribution in [2.24, 2.45) is 0 Å². The number of hydrogen-bond acceptors (Lipinski definition) is 5. The van der Waals surface area contributed by atoms with Crippen molar-refractivity contribution in [1.82, 2.24) is 0 Å². The smallest absolute Gasteiger partial charge is 0.340 e. The molecule has 0 amide bonds. The monoisotopic (exact) mass is 351 g/mol. The van der Waals surface area contributed by atoms with E-state index < -0.39 is 5.97 Å². The fraction of sp³-hybridized carbons (Fsp3) is 0.190. The second kappa shape index (κ2) is 7.78. The number of nitrogen functional groups attached to an aromatic ring is 1. The lowest BCUT2D eigenvalue weighted by molar-refractivity contribution is 0.0528. The minimum atomic E-state index is -0.435. The molecule has 0 spiro atoms.